The molecule has 2 heteroatoms. The average molecular weight is 271 g/mol. The van der Waals surface area contributed by atoms with Gasteiger partial charge in [-0.1, -0.05) is 12.1 Å². The molecule has 108 valence electrons. The second-order valence-electron chi connectivity index (χ2n) is 7.31. The lowest BCUT2D eigenvalue weighted by molar-refractivity contribution is -0.0471. The Balaban J connectivity index is 1.60. The summed E-state index contributed by atoms with van der Waals surface area (Å²) in [6.45, 7) is 0. The predicted octanol–water partition coefficient (Wildman–Crippen LogP) is 3.77. The molecule has 4 aliphatic carbocycles. The fourth-order valence-corrected chi connectivity index (χ4v) is 5.62. The lowest BCUT2D eigenvalue weighted by Crippen LogP contribution is -2.48. The first kappa shape index (κ1) is 12.7. The Kier molecular flexibility index (Phi) is 3.03. The van der Waals surface area contributed by atoms with Gasteiger partial charge in [0.05, 0.1) is 7.11 Å². The molecule has 0 amide bonds. The van der Waals surface area contributed by atoms with Gasteiger partial charge >= 0.3 is 0 Å². The van der Waals surface area contributed by atoms with Crippen molar-refractivity contribution in [3.63, 3.8) is 0 Å². The number of methoxy groups -OCH3 is 1. The Bertz CT molecular complexity index is 470. The van der Waals surface area contributed by atoms with Gasteiger partial charge in [-0.05, 0) is 79.4 Å². The Hall–Kier alpha value is -1.02. The Morgan fingerprint density at radius 3 is 2.30 bits per heavy atom. The number of nitrogens with two attached hydrogens (primary N) is 1. The molecule has 1 unspecified atom stereocenters. The van der Waals surface area contributed by atoms with E-state index in [1.807, 2.05) is 6.07 Å². The molecular formula is C18H25NO. The summed E-state index contributed by atoms with van der Waals surface area (Å²) in [6, 6.07) is 8.59. The van der Waals surface area contributed by atoms with E-state index >= 15 is 0 Å². The van der Waals surface area contributed by atoms with Gasteiger partial charge in [0.2, 0.25) is 0 Å². The van der Waals surface area contributed by atoms with Gasteiger partial charge in [0.25, 0.3) is 0 Å². The van der Waals surface area contributed by atoms with Crippen LogP contribution in [0.1, 0.15) is 43.7 Å². The molecule has 4 bridgehead atoms. The number of ether oxygens (including phenoxy) is 1. The third kappa shape index (κ3) is 1.96. The van der Waals surface area contributed by atoms with Gasteiger partial charge in [0.1, 0.15) is 5.75 Å². The maximum atomic E-state index is 6.69. The summed E-state index contributed by atoms with van der Waals surface area (Å²) in [5.74, 6) is 5.44. The minimum absolute atomic E-state index is 0.195. The van der Waals surface area contributed by atoms with E-state index in [9.17, 15) is 0 Å². The van der Waals surface area contributed by atoms with Crippen molar-refractivity contribution < 1.29 is 4.74 Å². The van der Waals surface area contributed by atoms with Crippen LogP contribution in [0.5, 0.6) is 5.75 Å². The summed E-state index contributed by atoms with van der Waals surface area (Å²) in [7, 11) is 1.73. The highest BCUT2D eigenvalue weighted by Gasteiger charge is 2.50. The maximum absolute atomic E-state index is 6.69. The zero-order valence-electron chi connectivity index (χ0n) is 12.3. The van der Waals surface area contributed by atoms with Gasteiger partial charge in [-0.15, -0.1) is 0 Å². The molecule has 0 spiro atoms. The molecule has 2 nitrogen and oxygen atoms in total. The third-order valence-corrected chi connectivity index (χ3v) is 6.19. The molecular weight excluding hydrogens is 246 g/mol. The lowest BCUT2D eigenvalue weighted by Gasteiger charge is -2.56. The van der Waals surface area contributed by atoms with Crippen molar-refractivity contribution in [2.75, 3.05) is 7.11 Å². The smallest absolute Gasteiger partial charge is 0.119 e. The molecule has 0 radical (unpaired) electrons. The highest BCUT2D eigenvalue weighted by atomic mass is 16.5. The Morgan fingerprint density at radius 1 is 1.05 bits per heavy atom. The zero-order chi connectivity index (χ0) is 13.7. The van der Waals surface area contributed by atoms with Crippen molar-refractivity contribution in [3.8, 4) is 5.75 Å². The van der Waals surface area contributed by atoms with E-state index in [-0.39, 0.29) is 6.04 Å². The minimum Gasteiger partial charge on any atom is -0.497 e. The van der Waals surface area contributed by atoms with Crippen LogP contribution in [0.15, 0.2) is 24.3 Å². The van der Waals surface area contributed by atoms with Crippen molar-refractivity contribution in [3.05, 3.63) is 29.8 Å². The van der Waals surface area contributed by atoms with Gasteiger partial charge < -0.3 is 10.5 Å². The van der Waals surface area contributed by atoms with E-state index < -0.39 is 0 Å². The number of rotatable bonds is 3. The average Bonchev–Trinajstić information content (AvgIpc) is 2.46. The quantitative estimate of drug-likeness (QED) is 0.908. The largest absolute Gasteiger partial charge is 0.497 e. The highest BCUT2D eigenvalue weighted by molar-refractivity contribution is 5.31. The first-order chi connectivity index (χ1) is 9.74. The summed E-state index contributed by atoms with van der Waals surface area (Å²) in [6.07, 6.45) is 7.27. The zero-order valence-corrected chi connectivity index (χ0v) is 12.3. The van der Waals surface area contributed by atoms with Crippen LogP contribution in [-0.2, 0) is 0 Å². The molecule has 5 rings (SSSR count). The van der Waals surface area contributed by atoms with Crippen LogP contribution in [0.3, 0.4) is 0 Å². The molecule has 1 aromatic rings. The molecule has 1 aromatic carbocycles. The van der Waals surface area contributed by atoms with Crippen molar-refractivity contribution in [1.82, 2.24) is 0 Å². The third-order valence-electron chi connectivity index (χ3n) is 6.19. The van der Waals surface area contributed by atoms with Gasteiger partial charge in [-0.3, -0.25) is 0 Å². The topological polar surface area (TPSA) is 35.2 Å². The Labute approximate surface area is 121 Å². The van der Waals surface area contributed by atoms with E-state index in [1.165, 1.54) is 37.7 Å². The van der Waals surface area contributed by atoms with Crippen LogP contribution >= 0.6 is 0 Å². The molecule has 0 saturated heterocycles. The maximum Gasteiger partial charge on any atom is 0.119 e. The number of benzene rings is 1. The van der Waals surface area contributed by atoms with Crippen LogP contribution in [-0.4, -0.2) is 7.11 Å². The molecule has 0 heterocycles. The van der Waals surface area contributed by atoms with Crippen LogP contribution in [0.4, 0.5) is 0 Å². The van der Waals surface area contributed by atoms with E-state index in [1.54, 1.807) is 7.11 Å². The van der Waals surface area contributed by atoms with Crippen molar-refractivity contribution >= 4 is 0 Å². The second kappa shape index (κ2) is 4.77. The van der Waals surface area contributed by atoms with Crippen molar-refractivity contribution in [2.45, 2.75) is 38.1 Å². The molecule has 4 saturated carbocycles. The van der Waals surface area contributed by atoms with Crippen molar-refractivity contribution in [1.29, 1.82) is 0 Å². The molecule has 0 aromatic heterocycles. The predicted molar refractivity (Wildman–Crippen MR) is 80.5 cm³/mol. The van der Waals surface area contributed by atoms with E-state index in [0.29, 0.717) is 5.92 Å². The highest BCUT2D eigenvalue weighted by Crippen LogP contribution is 2.58. The number of hydrogen-bond acceptors (Lipinski definition) is 2. The van der Waals surface area contributed by atoms with E-state index in [2.05, 4.69) is 18.2 Å². The first-order valence-corrected chi connectivity index (χ1v) is 8.14. The summed E-state index contributed by atoms with van der Waals surface area (Å²) >= 11 is 0. The van der Waals surface area contributed by atoms with Crippen LogP contribution in [0, 0.1) is 29.6 Å². The SMILES string of the molecule is COc1cccc(C(N)C2C3CC4CC(C3)CC2C4)c1. The summed E-state index contributed by atoms with van der Waals surface area (Å²) in [5.41, 5.74) is 7.95. The van der Waals surface area contributed by atoms with E-state index in [4.69, 9.17) is 10.5 Å². The lowest BCUT2D eigenvalue weighted by atomic mass is 9.50. The van der Waals surface area contributed by atoms with Gasteiger partial charge in [0.15, 0.2) is 0 Å². The minimum atomic E-state index is 0.195. The van der Waals surface area contributed by atoms with E-state index in [0.717, 1.165) is 29.4 Å². The molecule has 2 N–H and O–H groups in total. The van der Waals surface area contributed by atoms with Crippen LogP contribution in [0.2, 0.25) is 0 Å². The summed E-state index contributed by atoms with van der Waals surface area (Å²) in [5, 5.41) is 0. The molecule has 4 fully saturated rings. The summed E-state index contributed by atoms with van der Waals surface area (Å²) in [4.78, 5) is 0. The fourth-order valence-electron chi connectivity index (χ4n) is 5.62. The number of hydrogen-bond donors (Lipinski definition) is 1. The van der Waals surface area contributed by atoms with Gasteiger partial charge in [0, 0.05) is 6.04 Å². The molecule has 0 aliphatic heterocycles. The fraction of sp³-hybridized carbons (Fsp3) is 0.667. The molecule has 20 heavy (non-hydrogen) atoms. The molecule has 4 aliphatic rings. The standard InChI is InChI=1S/C18H25NO/c1-20-16-4-2-3-13(10-16)18(19)17-14-6-11-5-12(8-14)9-15(17)7-11/h2-4,10-12,14-15,17-18H,5-9,19H2,1H3. The Morgan fingerprint density at radius 2 is 1.70 bits per heavy atom. The second-order valence-corrected chi connectivity index (χ2v) is 7.31. The normalized spacial score (nSPS) is 39.8. The first-order valence-electron chi connectivity index (χ1n) is 8.14. The van der Waals surface area contributed by atoms with Crippen molar-refractivity contribution in [2.24, 2.45) is 35.3 Å². The van der Waals surface area contributed by atoms with Gasteiger partial charge in [-0.2, -0.15) is 0 Å². The van der Waals surface area contributed by atoms with Crippen LogP contribution < -0.4 is 10.5 Å². The monoisotopic (exact) mass is 271 g/mol. The van der Waals surface area contributed by atoms with Gasteiger partial charge in [-0.25, -0.2) is 0 Å². The van der Waals surface area contributed by atoms with Crippen LogP contribution in [0.25, 0.3) is 0 Å². The molecule has 1 atom stereocenters. The summed E-state index contributed by atoms with van der Waals surface area (Å²) < 4.78 is 5.35.